The van der Waals surface area contributed by atoms with Gasteiger partial charge in [-0.3, -0.25) is 4.79 Å². The lowest BCUT2D eigenvalue weighted by Gasteiger charge is -2.10. The second kappa shape index (κ2) is 6.38. The van der Waals surface area contributed by atoms with Crippen LogP contribution in [0.1, 0.15) is 5.56 Å². The van der Waals surface area contributed by atoms with Crippen molar-refractivity contribution in [2.45, 2.75) is 6.92 Å². The van der Waals surface area contributed by atoms with Gasteiger partial charge in [-0.15, -0.1) is 0 Å². The lowest BCUT2D eigenvalue weighted by Crippen LogP contribution is -2.22. The molecule has 3 nitrogen and oxygen atoms in total. The highest BCUT2D eigenvalue weighted by Gasteiger charge is 2.05. The number of aryl methyl sites for hydroxylation is 1. The van der Waals surface area contributed by atoms with Crippen molar-refractivity contribution in [1.82, 2.24) is 0 Å². The number of carbonyl (C=O) groups excluding carboxylic acids is 1. The quantitative estimate of drug-likeness (QED) is 0.900. The summed E-state index contributed by atoms with van der Waals surface area (Å²) in [5, 5.41) is 5.98. The standard InChI is InChI=1S/C15H15BrN2O/c1-11-6-2-4-8-13(11)18-15(19)10-17-14-9-5-3-7-12(14)16/h2-9,17H,10H2,1H3,(H,18,19). The Labute approximate surface area is 121 Å². The molecule has 0 unspecified atom stereocenters. The summed E-state index contributed by atoms with van der Waals surface area (Å²) in [7, 11) is 0. The fourth-order valence-electron chi connectivity index (χ4n) is 1.69. The fourth-order valence-corrected chi connectivity index (χ4v) is 2.11. The van der Waals surface area contributed by atoms with E-state index < -0.39 is 0 Å². The maximum atomic E-state index is 11.9. The number of anilines is 2. The molecule has 4 heteroatoms. The van der Waals surface area contributed by atoms with Crippen molar-refractivity contribution in [3.63, 3.8) is 0 Å². The molecular weight excluding hydrogens is 304 g/mol. The zero-order valence-corrected chi connectivity index (χ0v) is 12.2. The minimum absolute atomic E-state index is 0.0648. The number of carbonyl (C=O) groups is 1. The predicted octanol–water partition coefficient (Wildman–Crippen LogP) is 3.81. The average molecular weight is 319 g/mol. The molecule has 0 aliphatic heterocycles. The minimum atomic E-state index is -0.0648. The van der Waals surface area contributed by atoms with Crippen LogP contribution in [0.15, 0.2) is 53.0 Å². The Hall–Kier alpha value is -1.81. The van der Waals surface area contributed by atoms with Crippen molar-refractivity contribution in [2.75, 3.05) is 17.2 Å². The Morgan fingerprint density at radius 3 is 2.37 bits per heavy atom. The van der Waals surface area contributed by atoms with Crippen LogP contribution in [0.25, 0.3) is 0 Å². The largest absolute Gasteiger partial charge is 0.375 e. The Morgan fingerprint density at radius 1 is 1.05 bits per heavy atom. The van der Waals surface area contributed by atoms with Gasteiger partial charge in [0, 0.05) is 15.8 Å². The smallest absolute Gasteiger partial charge is 0.243 e. The van der Waals surface area contributed by atoms with Gasteiger partial charge in [0.05, 0.1) is 6.54 Å². The molecule has 2 aromatic carbocycles. The fraction of sp³-hybridized carbons (Fsp3) is 0.133. The van der Waals surface area contributed by atoms with Gasteiger partial charge in [-0.1, -0.05) is 30.3 Å². The Kier molecular flexibility index (Phi) is 4.58. The highest BCUT2D eigenvalue weighted by Crippen LogP contribution is 2.20. The maximum absolute atomic E-state index is 11.9. The second-order valence-corrected chi connectivity index (χ2v) is 5.05. The first-order valence-corrected chi connectivity index (χ1v) is 6.80. The van der Waals surface area contributed by atoms with E-state index >= 15 is 0 Å². The summed E-state index contributed by atoms with van der Waals surface area (Å²) in [5.41, 5.74) is 2.81. The summed E-state index contributed by atoms with van der Waals surface area (Å²) in [4.78, 5) is 11.9. The molecule has 0 spiro atoms. The molecule has 0 aromatic heterocycles. The van der Waals surface area contributed by atoms with Crippen molar-refractivity contribution in [3.05, 3.63) is 58.6 Å². The summed E-state index contributed by atoms with van der Waals surface area (Å²) in [6.07, 6.45) is 0. The minimum Gasteiger partial charge on any atom is -0.375 e. The SMILES string of the molecule is Cc1ccccc1NC(=O)CNc1ccccc1Br. The number of hydrogen-bond acceptors (Lipinski definition) is 2. The third-order valence-electron chi connectivity index (χ3n) is 2.73. The van der Waals surface area contributed by atoms with Crippen LogP contribution in [0.2, 0.25) is 0 Å². The van der Waals surface area contributed by atoms with Crippen molar-refractivity contribution >= 4 is 33.2 Å². The van der Waals surface area contributed by atoms with Gasteiger partial charge < -0.3 is 10.6 Å². The molecule has 0 aliphatic rings. The number of nitrogens with one attached hydrogen (secondary N) is 2. The van der Waals surface area contributed by atoms with E-state index in [1.165, 1.54) is 0 Å². The molecule has 0 fully saturated rings. The topological polar surface area (TPSA) is 41.1 Å². The Morgan fingerprint density at radius 2 is 1.68 bits per heavy atom. The number of para-hydroxylation sites is 2. The third-order valence-corrected chi connectivity index (χ3v) is 3.42. The summed E-state index contributed by atoms with van der Waals surface area (Å²) < 4.78 is 0.943. The normalized spacial score (nSPS) is 10.0. The van der Waals surface area contributed by atoms with Crippen LogP contribution >= 0.6 is 15.9 Å². The number of rotatable bonds is 4. The number of amides is 1. The van der Waals surface area contributed by atoms with E-state index in [-0.39, 0.29) is 12.5 Å². The van der Waals surface area contributed by atoms with E-state index in [4.69, 9.17) is 0 Å². The number of halogens is 1. The van der Waals surface area contributed by atoms with Gasteiger partial charge in [0.1, 0.15) is 0 Å². The summed E-state index contributed by atoms with van der Waals surface area (Å²) in [6, 6.07) is 15.4. The van der Waals surface area contributed by atoms with Gasteiger partial charge >= 0.3 is 0 Å². The van der Waals surface area contributed by atoms with Gasteiger partial charge in [0.2, 0.25) is 5.91 Å². The molecule has 2 rings (SSSR count). The van der Waals surface area contributed by atoms with E-state index in [0.29, 0.717) is 0 Å². The molecule has 2 aromatic rings. The molecule has 0 saturated carbocycles. The van der Waals surface area contributed by atoms with Crippen molar-refractivity contribution in [2.24, 2.45) is 0 Å². The zero-order chi connectivity index (χ0) is 13.7. The Balaban J connectivity index is 1.92. The van der Waals surface area contributed by atoms with Gasteiger partial charge in [0.25, 0.3) is 0 Å². The maximum Gasteiger partial charge on any atom is 0.243 e. The van der Waals surface area contributed by atoms with Crippen LogP contribution in [0.4, 0.5) is 11.4 Å². The van der Waals surface area contributed by atoms with Crippen LogP contribution in [-0.2, 0) is 4.79 Å². The molecular formula is C15H15BrN2O. The van der Waals surface area contributed by atoms with Gasteiger partial charge in [0.15, 0.2) is 0 Å². The lowest BCUT2D eigenvalue weighted by atomic mass is 10.2. The first-order valence-electron chi connectivity index (χ1n) is 6.00. The first-order chi connectivity index (χ1) is 9.16. The molecule has 0 aliphatic carbocycles. The van der Waals surface area contributed by atoms with E-state index in [1.54, 1.807) is 0 Å². The molecule has 1 amide bonds. The highest BCUT2D eigenvalue weighted by molar-refractivity contribution is 9.10. The summed E-state index contributed by atoms with van der Waals surface area (Å²) in [6.45, 7) is 2.20. The van der Waals surface area contributed by atoms with Gasteiger partial charge in [-0.05, 0) is 46.6 Å². The van der Waals surface area contributed by atoms with Crippen LogP contribution in [-0.4, -0.2) is 12.5 Å². The van der Waals surface area contributed by atoms with Gasteiger partial charge in [-0.2, -0.15) is 0 Å². The van der Waals surface area contributed by atoms with Crippen LogP contribution < -0.4 is 10.6 Å². The van der Waals surface area contributed by atoms with Crippen LogP contribution in [0.3, 0.4) is 0 Å². The number of hydrogen-bond donors (Lipinski definition) is 2. The van der Waals surface area contributed by atoms with E-state index in [0.717, 1.165) is 21.4 Å². The zero-order valence-electron chi connectivity index (χ0n) is 10.6. The van der Waals surface area contributed by atoms with E-state index in [2.05, 4.69) is 26.6 Å². The second-order valence-electron chi connectivity index (χ2n) is 4.20. The van der Waals surface area contributed by atoms with E-state index in [1.807, 2.05) is 55.5 Å². The van der Waals surface area contributed by atoms with Crippen molar-refractivity contribution in [1.29, 1.82) is 0 Å². The van der Waals surface area contributed by atoms with Crippen molar-refractivity contribution < 1.29 is 4.79 Å². The molecule has 0 radical (unpaired) electrons. The monoisotopic (exact) mass is 318 g/mol. The summed E-state index contributed by atoms with van der Waals surface area (Å²) in [5.74, 6) is -0.0648. The van der Waals surface area contributed by atoms with Gasteiger partial charge in [-0.25, -0.2) is 0 Å². The highest BCUT2D eigenvalue weighted by atomic mass is 79.9. The molecule has 98 valence electrons. The molecule has 0 heterocycles. The molecule has 0 bridgehead atoms. The number of benzene rings is 2. The Bertz CT molecular complexity index is 584. The lowest BCUT2D eigenvalue weighted by molar-refractivity contribution is -0.114. The van der Waals surface area contributed by atoms with Crippen LogP contribution in [0.5, 0.6) is 0 Å². The van der Waals surface area contributed by atoms with E-state index in [9.17, 15) is 4.79 Å². The third kappa shape index (κ3) is 3.83. The molecule has 0 atom stereocenters. The molecule has 2 N–H and O–H groups in total. The summed E-state index contributed by atoms with van der Waals surface area (Å²) >= 11 is 3.43. The average Bonchev–Trinajstić information content (AvgIpc) is 2.40. The molecule has 19 heavy (non-hydrogen) atoms. The van der Waals surface area contributed by atoms with Crippen molar-refractivity contribution in [3.8, 4) is 0 Å². The molecule has 0 saturated heterocycles. The van der Waals surface area contributed by atoms with Crippen LogP contribution in [0, 0.1) is 6.92 Å². The first kappa shape index (κ1) is 13.6. The predicted molar refractivity (Wildman–Crippen MR) is 82.4 cm³/mol.